The Balaban J connectivity index is 2.08. The van der Waals surface area contributed by atoms with Crippen LogP contribution in [0.2, 0.25) is 0 Å². The molecule has 0 unspecified atom stereocenters. The second-order valence-corrected chi connectivity index (χ2v) is 5.49. The van der Waals surface area contributed by atoms with Crippen molar-refractivity contribution in [2.24, 2.45) is 0 Å². The summed E-state index contributed by atoms with van der Waals surface area (Å²) in [6, 6.07) is 5.57. The molecule has 0 aliphatic heterocycles. The van der Waals surface area contributed by atoms with Crippen molar-refractivity contribution in [3.05, 3.63) is 58.8 Å². The molecule has 28 heavy (non-hydrogen) atoms. The van der Waals surface area contributed by atoms with Crippen molar-refractivity contribution >= 4 is 11.7 Å². The molecule has 11 heteroatoms. The number of carbonyl (C=O) groups is 1. The van der Waals surface area contributed by atoms with Gasteiger partial charge in [-0.05, 0) is 30.3 Å². The van der Waals surface area contributed by atoms with Gasteiger partial charge in [-0.15, -0.1) is 0 Å². The minimum absolute atomic E-state index is 0.0442. The highest BCUT2D eigenvalue weighted by atomic mass is 19.4. The van der Waals surface area contributed by atoms with Crippen molar-refractivity contribution < 1.29 is 31.1 Å². The number of hydrogen-bond donors (Lipinski definition) is 2. The fourth-order valence-corrected chi connectivity index (χ4v) is 2.18. The predicted molar refractivity (Wildman–Crippen MR) is 86.2 cm³/mol. The number of aromatic nitrogens is 1. The smallest absolute Gasteiger partial charge is 0.367 e. The van der Waals surface area contributed by atoms with Crippen LogP contribution in [0.1, 0.15) is 27.0 Å². The Morgan fingerprint density at radius 3 is 2.18 bits per heavy atom. The molecule has 2 N–H and O–H groups in total. The number of nitrogens with one attached hydrogen (secondary N) is 2. The molecule has 0 saturated carbocycles. The fraction of sp³-hybridized carbons (Fsp3) is 0.235. The first-order chi connectivity index (χ1) is 13.0. The van der Waals surface area contributed by atoms with Crippen molar-refractivity contribution in [2.75, 3.05) is 18.4 Å². The number of rotatable bonds is 5. The predicted octanol–water partition coefficient (Wildman–Crippen LogP) is 3.83. The molecule has 0 saturated heterocycles. The van der Waals surface area contributed by atoms with Crippen LogP contribution in [0.25, 0.3) is 0 Å². The number of benzene rings is 1. The molecular formula is C17H12F6N4O. The third-order valence-electron chi connectivity index (χ3n) is 3.48. The Kier molecular flexibility index (Phi) is 6.12. The van der Waals surface area contributed by atoms with Gasteiger partial charge in [0, 0.05) is 24.8 Å². The number of nitrogens with zero attached hydrogens (tertiary/aromatic N) is 2. The van der Waals surface area contributed by atoms with Crippen molar-refractivity contribution in [3.8, 4) is 6.07 Å². The lowest BCUT2D eigenvalue weighted by Gasteiger charge is -2.14. The Morgan fingerprint density at radius 1 is 1.04 bits per heavy atom. The highest BCUT2D eigenvalue weighted by Crippen LogP contribution is 2.36. The average molecular weight is 402 g/mol. The second-order valence-electron chi connectivity index (χ2n) is 5.49. The molecule has 0 radical (unpaired) electrons. The third-order valence-corrected chi connectivity index (χ3v) is 3.48. The van der Waals surface area contributed by atoms with Gasteiger partial charge in [0.25, 0.3) is 5.91 Å². The Hall–Kier alpha value is -3.29. The quantitative estimate of drug-likeness (QED) is 0.589. The largest absolute Gasteiger partial charge is 0.416 e. The molecule has 1 aromatic heterocycles. The van der Waals surface area contributed by atoms with Gasteiger partial charge in [-0.25, -0.2) is 4.98 Å². The third kappa shape index (κ3) is 5.35. The van der Waals surface area contributed by atoms with Crippen molar-refractivity contribution in [1.29, 1.82) is 5.26 Å². The molecule has 2 aromatic rings. The standard InChI is InChI=1S/C17H12F6N4O/c18-16(19,20)12-6-11(7-13(8-12)17(21,22)23)15(28)27-5-4-26-14-10(9-24)2-1-3-25-14/h1-3,6-8H,4-5H2,(H,25,26)(H,27,28). The number of hydrogen-bond acceptors (Lipinski definition) is 4. The van der Waals surface area contributed by atoms with E-state index in [1.807, 2.05) is 6.07 Å². The van der Waals surface area contributed by atoms with Crippen molar-refractivity contribution in [2.45, 2.75) is 12.4 Å². The second kappa shape index (κ2) is 8.16. The summed E-state index contributed by atoms with van der Waals surface area (Å²) in [5.74, 6) is -0.863. The van der Waals surface area contributed by atoms with Crippen LogP contribution in [0.15, 0.2) is 36.5 Å². The fourth-order valence-electron chi connectivity index (χ4n) is 2.18. The van der Waals surface area contributed by atoms with Gasteiger partial charge in [0.05, 0.1) is 16.7 Å². The minimum Gasteiger partial charge on any atom is -0.367 e. The van der Waals surface area contributed by atoms with Crippen molar-refractivity contribution in [3.63, 3.8) is 0 Å². The Bertz CT molecular complexity index is 869. The molecule has 1 amide bonds. The van der Waals surface area contributed by atoms with E-state index in [0.717, 1.165) is 0 Å². The van der Waals surface area contributed by atoms with Gasteiger partial charge in [-0.3, -0.25) is 4.79 Å². The van der Waals surface area contributed by atoms with Gasteiger partial charge < -0.3 is 10.6 Å². The molecule has 148 valence electrons. The van der Waals surface area contributed by atoms with E-state index >= 15 is 0 Å². The lowest BCUT2D eigenvalue weighted by atomic mass is 10.0. The molecule has 0 atom stereocenters. The Labute approximate surface area is 155 Å². The molecule has 0 fully saturated rings. The van der Waals surface area contributed by atoms with Gasteiger partial charge in [0.2, 0.25) is 0 Å². The normalized spacial score (nSPS) is 11.6. The Morgan fingerprint density at radius 2 is 1.64 bits per heavy atom. The number of carbonyl (C=O) groups excluding carboxylic acids is 1. The first-order valence-electron chi connectivity index (χ1n) is 7.69. The van der Waals surface area contributed by atoms with E-state index in [4.69, 9.17) is 5.26 Å². The zero-order valence-electron chi connectivity index (χ0n) is 13.9. The van der Waals surface area contributed by atoms with Crippen LogP contribution < -0.4 is 10.6 Å². The summed E-state index contributed by atoms with van der Waals surface area (Å²) in [6.07, 6.45) is -8.65. The van der Waals surface area contributed by atoms with Gasteiger partial charge in [-0.1, -0.05) is 0 Å². The highest BCUT2D eigenvalue weighted by Gasteiger charge is 2.37. The van der Waals surface area contributed by atoms with E-state index in [1.54, 1.807) is 0 Å². The number of pyridine rings is 1. The summed E-state index contributed by atoms with van der Waals surface area (Å²) in [4.78, 5) is 15.9. The van der Waals surface area contributed by atoms with E-state index in [1.165, 1.54) is 18.3 Å². The van der Waals surface area contributed by atoms with Crippen LogP contribution in [-0.2, 0) is 12.4 Å². The topological polar surface area (TPSA) is 77.8 Å². The molecular weight excluding hydrogens is 390 g/mol. The average Bonchev–Trinajstić information content (AvgIpc) is 2.63. The summed E-state index contributed by atoms with van der Waals surface area (Å²) in [7, 11) is 0. The first kappa shape index (κ1) is 21.0. The monoisotopic (exact) mass is 402 g/mol. The van der Waals surface area contributed by atoms with Gasteiger partial charge in [0.15, 0.2) is 0 Å². The summed E-state index contributed by atoms with van der Waals surface area (Å²) in [5.41, 5.74) is -3.67. The molecule has 1 aromatic carbocycles. The molecule has 0 spiro atoms. The van der Waals surface area contributed by atoms with Crippen molar-refractivity contribution in [1.82, 2.24) is 10.3 Å². The maximum Gasteiger partial charge on any atom is 0.416 e. The summed E-state index contributed by atoms with van der Waals surface area (Å²) in [5, 5.41) is 13.9. The maximum absolute atomic E-state index is 12.8. The van der Waals surface area contributed by atoms with Crippen LogP contribution in [0.3, 0.4) is 0 Å². The van der Waals surface area contributed by atoms with E-state index in [2.05, 4.69) is 15.6 Å². The van der Waals surface area contributed by atoms with E-state index in [-0.39, 0.29) is 30.5 Å². The summed E-state index contributed by atoms with van der Waals surface area (Å²) >= 11 is 0. The lowest BCUT2D eigenvalue weighted by Crippen LogP contribution is -2.29. The molecule has 0 aliphatic carbocycles. The minimum atomic E-state index is -5.04. The van der Waals surface area contributed by atoms with Crippen LogP contribution in [0.5, 0.6) is 0 Å². The SMILES string of the molecule is N#Cc1cccnc1NCCNC(=O)c1cc(C(F)(F)F)cc(C(F)(F)F)c1. The summed E-state index contributed by atoms with van der Waals surface area (Å²) < 4.78 is 76.9. The van der Waals surface area contributed by atoms with Crippen LogP contribution in [-0.4, -0.2) is 24.0 Å². The van der Waals surface area contributed by atoms with E-state index in [0.29, 0.717) is 12.1 Å². The van der Waals surface area contributed by atoms with Crippen LogP contribution in [0.4, 0.5) is 32.2 Å². The number of amides is 1. The van der Waals surface area contributed by atoms with Crippen LogP contribution in [0, 0.1) is 11.3 Å². The molecule has 0 aliphatic rings. The number of halogens is 6. The molecule has 0 bridgehead atoms. The summed E-state index contributed by atoms with van der Waals surface area (Å²) in [6.45, 7) is -0.0829. The van der Waals surface area contributed by atoms with Gasteiger partial charge in [-0.2, -0.15) is 31.6 Å². The number of anilines is 1. The molecule has 5 nitrogen and oxygen atoms in total. The number of alkyl halides is 6. The van der Waals surface area contributed by atoms with E-state index in [9.17, 15) is 31.1 Å². The molecule has 1 heterocycles. The first-order valence-corrected chi connectivity index (χ1v) is 7.69. The number of nitriles is 1. The van der Waals surface area contributed by atoms with Gasteiger partial charge >= 0.3 is 12.4 Å². The van der Waals surface area contributed by atoms with E-state index < -0.39 is 35.0 Å². The van der Waals surface area contributed by atoms with Crippen LogP contribution >= 0.6 is 0 Å². The van der Waals surface area contributed by atoms with Gasteiger partial charge in [0.1, 0.15) is 11.9 Å². The molecule has 2 rings (SSSR count). The zero-order valence-corrected chi connectivity index (χ0v) is 13.9. The maximum atomic E-state index is 12.8. The zero-order chi connectivity index (χ0) is 20.9. The highest BCUT2D eigenvalue weighted by molar-refractivity contribution is 5.94. The lowest BCUT2D eigenvalue weighted by molar-refractivity contribution is -0.143.